The average molecular weight is 400 g/mol. The summed E-state index contributed by atoms with van der Waals surface area (Å²) < 4.78 is 5.79. The summed E-state index contributed by atoms with van der Waals surface area (Å²) in [5.74, 6) is 0.918. The van der Waals surface area contributed by atoms with E-state index >= 15 is 0 Å². The predicted molar refractivity (Wildman–Crippen MR) is 105 cm³/mol. The Morgan fingerprint density at radius 2 is 1.69 bits per heavy atom. The van der Waals surface area contributed by atoms with Crippen molar-refractivity contribution in [3.8, 4) is 5.75 Å². The molecule has 2 fully saturated rings. The Morgan fingerprint density at radius 3 is 2.50 bits per heavy atom. The van der Waals surface area contributed by atoms with Gasteiger partial charge in [-0.05, 0) is 44.5 Å². The Balaban J connectivity index is 1.39. The lowest BCUT2D eigenvalue weighted by Crippen LogP contribution is -2.40. The van der Waals surface area contributed by atoms with Crippen molar-refractivity contribution >= 4 is 29.1 Å². The number of nitrogens with zero attached hydrogens (tertiary/aromatic N) is 3. The van der Waals surface area contributed by atoms with Crippen LogP contribution >= 0.6 is 23.2 Å². The molecule has 1 amide bonds. The molecule has 0 unspecified atom stereocenters. The van der Waals surface area contributed by atoms with Crippen LogP contribution in [0.2, 0.25) is 10.0 Å². The summed E-state index contributed by atoms with van der Waals surface area (Å²) in [6.07, 6.45) is 3.37. The van der Waals surface area contributed by atoms with Gasteiger partial charge in [0.2, 0.25) is 5.91 Å². The first kappa shape index (κ1) is 19.7. The molecule has 2 heterocycles. The van der Waals surface area contributed by atoms with Gasteiger partial charge in [0.25, 0.3) is 0 Å². The minimum atomic E-state index is 0.287. The second-order valence-electron chi connectivity index (χ2n) is 6.98. The lowest BCUT2D eigenvalue weighted by Gasteiger charge is -2.24. The summed E-state index contributed by atoms with van der Waals surface area (Å²) >= 11 is 12.1. The van der Waals surface area contributed by atoms with E-state index in [0.29, 0.717) is 28.9 Å². The zero-order valence-corrected chi connectivity index (χ0v) is 16.6. The summed E-state index contributed by atoms with van der Waals surface area (Å²) in [6, 6.07) is 5.25. The van der Waals surface area contributed by atoms with Gasteiger partial charge in [-0.2, -0.15) is 0 Å². The van der Waals surface area contributed by atoms with Crippen molar-refractivity contribution < 1.29 is 9.53 Å². The Labute approximate surface area is 165 Å². The summed E-state index contributed by atoms with van der Waals surface area (Å²) in [5, 5.41) is 1.20. The van der Waals surface area contributed by atoms with Crippen molar-refractivity contribution in [2.75, 3.05) is 59.0 Å². The SMILES string of the molecule is O=C(CN1CCCN(CCOc2cc(Cl)ccc2Cl)CC1)N1CCCC1. The van der Waals surface area contributed by atoms with Crippen LogP contribution in [0.5, 0.6) is 5.75 Å². The van der Waals surface area contributed by atoms with E-state index in [4.69, 9.17) is 27.9 Å². The zero-order valence-electron chi connectivity index (χ0n) is 15.1. The van der Waals surface area contributed by atoms with Gasteiger partial charge in [-0.1, -0.05) is 23.2 Å². The van der Waals surface area contributed by atoms with Crippen molar-refractivity contribution in [2.45, 2.75) is 19.3 Å². The summed E-state index contributed by atoms with van der Waals surface area (Å²) in [7, 11) is 0. The smallest absolute Gasteiger partial charge is 0.236 e. The van der Waals surface area contributed by atoms with Crippen LogP contribution in [0.15, 0.2) is 18.2 Å². The number of amides is 1. The number of hydrogen-bond acceptors (Lipinski definition) is 4. The minimum Gasteiger partial charge on any atom is -0.491 e. The van der Waals surface area contributed by atoms with Crippen LogP contribution < -0.4 is 4.74 Å². The number of halogens is 2. The molecule has 0 aliphatic carbocycles. The van der Waals surface area contributed by atoms with E-state index in [-0.39, 0.29) is 5.91 Å². The molecular formula is C19H27Cl2N3O2. The number of carbonyl (C=O) groups excluding carboxylic acids is 1. The Kier molecular flexibility index (Phi) is 7.43. The van der Waals surface area contributed by atoms with Crippen LogP contribution in [0, 0.1) is 0 Å². The van der Waals surface area contributed by atoms with Gasteiger partial charge in [0.15, 0.2) is 0 Å². The molecule has 3 rings (SSSR count). The molecule has 0 radical (unpaired) electrons. The van der Waals surface area contributed by atoms with Gasteiger partial charge in [0.1, 0.15) is 12.4 Å². The maximum absolute atomic E-state index is 12.3. The third kappa shape index (κ3) is 5.74. The second kappa shape index (κ2) is 9.79. The summed E-state index contributed by atoms with van der Waals surface area (Å²) in [4.78, 5) is 19.0. The van der Waals surface area contributed by atoms with E-state index in [0.717, 1.165) is 65.1 Å². The number of ether oxygens (including phenoxy) is 1. The Morgan fingerprint density at radius 1 is 0.962 bits per heavy atom. The second-order valence-corrected chi connectivity index (χ2v) is 7.83. The van der Waals surface area contributed by atoms with Crippen LogP contribution in [0.1, 0.15) is 19.3 Å². The molecule has 0 bridgehead atoms. The summed E-state index contributed by atoms with van der Waals surface area (Å²) in [6.45, 7) is 7.74. The highest BCUT2D eigenvalue weighted by Gasteiger charge is 2.22. The highest BCUT2D eigenvalue weighted by molar-refractivity contribution is 6.34. The van der Waals surface area contributed by atoms with Crippen LogP contribution in [0.25, 0.3) is 0 Å². The molecule has 7 heteroatoms. The molecule has 5 nitrogen and oxygen atoms in total. The molecule has 1 aromatic rings. The third-order valence-corrected chi connectivity index (χ3v) is 5.60. The average Bonchev–Trinajstić information content (AvgIpc) is 3.08. The number of benzene rings is 1. The largest absolute Gasteiger partial charge is 0.491 e. The predicted octanol–water partition coefficient (Wildman–Crippen LogP) is 3.00. The van der Waals surface area contributed by atoms with Gasteiger partial charge >= 0.3 is 0 Å². The van der Waals surface area contributed by atoms with Gasteiger partial charge in [0, 0.05) is 43.8 Å². The third-order valence-electron chi connectivity index (χ3n) is 5.06. The van der Waals surface area contributed by atoms with E-state index in [1.54, 1.807) is 18.2 Å². The molecule has 0 N–H and O–H groups in total. The fourth-order valence-electron chi connectivity index (χ4n) is 3.54. The highest BCUT2D eigenvalue weighted by Crippen LogP contribution is 2.27. The molecular weight excluding hydrogens is 373 g/mol. The highest BCUT2D eigenvalue weighted by atomic mass is 35.5. The maximum Gasteiger partial charge on any atom is 0.236 e. The minimum absolute atomic E-state index is 0.287. The number of rotatable bonds is 6. The molecule has 144 valence electrons. The number of likely N-dealkylation sites (tertiary alicyclic amines) is 1. The van der Waals surface area contributed by atoms with Crippen molar-refractivity contribution in [1.82, 2.24) is 14.7 Å². The molecule has 2 aliphatic rings. The van der Waals surface area contributed by atoms with Gasteiger partial charge in [-0.15, -0.1) is 0 Å². The van der Waals surface area contributed by atoms with Crippen LogP contribution in [-0.4, -0.2) is 79.6 Å². The molecule has 0 aromatic heterocycles. The van der Waals surface area contributed by atoms with Crippen molar-refractivity contribution in [3.05, 3.63) is 28.2 Å². The number of hydrogen-bond donors (Lipinski definition) is 0. The standard InChI is InChI=1S/C19H27Cl2N3O2/c20-16-4-5-17(21)18(14-16)26-13-12-22-6-3-7-23(11-10-22)15-19(25)24-8-1-2-9-24/h4-5,14H,1-3,6-13,15H2. The molecule has 2 saturated heterocycles. The fraction of sp³-hybridized carbons (Fsp3) is 0.632. The molecule has 0 spiro atoms. The zero-order chi connectivity index (χ0) is 18.4. The molecule has 0 atom stereocenters. The van der Waals surface area contributed by atoms with Crippen LogP contribution in [0.3, 0.4) is 0 Å². The Bertz CT molecular complexity index is 608. The summed E-state index contributed by atoms with van der Waals surface area (Å²) in [5.41, 5.74) is 0. The first-order valence-corrected chi connectivity index (χ1v) is 10.2. The first-order chi connectivity index (χ1) is 12.6. The van der Waals surface area contributed by atoms with Crippen molar-refractivity contribution in [3.63, 3.8) is 0 Å². The van der Waals surface area contributed by atoms with E-state index in [1.807, 2.05) is 4.90 Å². The number of carbonyl (C=O) groups is 1. The normalized spacial score (nSPS) is 19.5. The topological polar surface area (TPSA) is 36.0 Å². The molecule has 2 aliphatic heterocycles. The van der Waals surface area contributed by atoms with Gasteiger partial charge < -0.3 is 9.64 Å². The van der Waals surface area contributed by atoms with E-state index in [1.165, 1.54) is 0 Å². The van der Waals surface area contributed by atoms with E-state index in [9.17, 15) is 4.79 Å². The molecule has 0 saturated carbocycles. The lowest BCUT2D eigenvalue weighted by molar-refractivity contribution is -0.131. The van der Waals surface area contributed by atoms with Crippen molar-refractivity contribution in [2.24, 2.45) is 0 Å². The molecule has 26 heavy (non-hydrogen) atoms. The van der Waals surface area contributed by atoms with E-state index in [2.05, 4.69) is 9.80 Å². The van der Waals surface area contributed by atoms with Crippen LogP contribution in [0.4, 0.5) is 0 Å². The van der Waals surface area contributed by atoms with Crippen molar-refractivity contribution in [1.29, 1.82) is 0 Å². The molecule has 1 aromatic carbocycles. The first-order valence-electron chi connectivity index (χ1n) is 9.42. The van der Waals surface area contributed by atoms with Gasteiger partial charge in [0.05, 0.1) is 11.6 Å². The van der Waals surface area contributed by atoms with Crippen LogP contribution in [-0.2, 0) is 4.79 Å². The fourth-order valence-corrected chi connectivity index (χ4v) is 3.87. The van der Waals surface area contributed by atoms with Gasteiger partial charge in [-0.25, -0.2) is 0 Å². The van der Waals surface area contributed by atoms with Gasteiger partial charge in [-0.3, -0.25) is 14.6 Å². The monoisotopic (exact) mass is 399 g/mol. The Hall–Kier alpha value is -1.01. The quantitative estimate of drug-likeness (QED) is 0.736. The van der Waals surface area contributed by atoms with E-state index < -0.39 is 0 Å². The maximum atomic E-state index is 12.3. The lowest BCUT2D eigenvalue weighted by atomic mass is 10.3.